The summed E-state index contributed by atoms with van der Waals surface area (Å²) < 4.78 is 10.4. The van der Waals surface area contributed by atoms with Gasteiger partial charge in [-0.2, -0.15) is 0 Å². The van der Waals surface area contributed by atoms with Crippen LogP contribution in [0.1, 0.15) is 75.7 Å². The van der Waals surface area contributed by atoms with Gasteiger partial charge in [-0.25, -0.2) is 4.79 Å². The van der Waals surface area contributed by atoms with Gasteiger partial charge in [0.25, 0.3) is 0 Å². The van der Waals surface area contributed by atoms with Crippen molar-refractivity contribution in [2.75, 3.05) is 6.61 Å². The van der Waals surface area contributed by atoms with Crippen LogP contribution in [0.25, 0.3) is 0 Å². The average molecular weight is 314 g/mol. The molecule has 130 valence electrons. The van der Waals surface area contributed by atoms with Crippen molar-refractivity contribution >= 4 is 11.9 Å². The highest BCUT2D eigenvalue weighted by molar-refractivity contribution is 5.81. The van der Waals surface area contributed by atoms with Gasteiger partial charge in [0.05, 0.1) is 5.41 Å². The Morgan fingerprint density at radius 2 is 1.27 bits per heavy atom. The largest absolute Gasteiger partial charge is 0.457 e. The second-order valence-electron chi connectivity index (χ2n) is 9.48. The third kappa shape index (κ3) is 6.80. The molecule has 0 aromatic heterocycles. The van der Waals surface area contributed by atoms with Crippen LogP contribution in [0.2, 0.25) is 0 Å². The smallest absolute Gasteiger partial charge is 0.344 e. The van der Waals surface area contributed by atoms with E-state index in [1.165, 1.54) is 0 Å². The molecule has 0 spiro atoms. The summed E-state index contributed by atoms with van der Waals surface area (Å²) in [5.74, 6) is -0.867. The molecule has 0 aliphatic heterocycles. The van der Waals surface area contributed by atoms with Gasteiger partial charge in [-0.3, -0.25) is 4.79 Å². The lowest BCUT2D eigenvalue weighted by molar-refractivity contribution is -0.176. The summed E-state index contributed by atoms with van der Waals surface area (Å²) in [5.41, 5.74) is -1.55. The fraction of sp³-hybridized carbons (Fsp3) is 0.889. The molecule has 0 amide bonds. The summed E-state index contributed by atoms with van der Waals surface area (Å²) in [5, 5.41) is 0. The van der Waals surface area contributed by atoms with Gasteiger partial charge in [-0.05, 0) is 44.9 Å². The van der Waals surface area contributed by atoms with E-state index in [2.05, 4.69) is 20.8 Å². The lowest BCUT2D eigenvalue weighted by Crippen LogP contribution is -2.45. The molecule has 4 nitrogen and oxygen atoms in total. The van der Waals surface area contributed by atoms with E-state index in [1.54, 1.807) is 20.8 Å². The van der Waals surface area contributed by atoms with E-state index in [0.717, 1.165) is 0 Å². The van der Waals surface area contributed by atoms with Gasteiger partial charge in [0.15, 0.2) is 6.61 Å². The molecule has 0 N–H and O–H groups in total. The van der Waals surface area contributed by atoms with Crippen LogP contribution in [-0.4, -0.2) is 24.1 Å². The molecule has 0 aliphatic rings. The molecule has 1 atom stereocenters. The zero-order valence-corrected chi connectivity index (χ0v) is 16.0. The van der Waals surface area contributed by atoms with E-state index >= 15 is 0 Å². The van der Waals surface area contributed by atoms with E-state index < -0.39 is 17.0 Å². The monoisotopic (exact) mass is 314 g/mol. The number of hydrogen-bond donors (Lipinski definition) is 0. The van der Waals surface area contributed by atoms with Crippen molar-refractivity contribution in [2.24, 2.45) is 16.2 Å². The second-order valence-corrected chi connectivity index (χ2v) is 9.48. The van der Waals surface area contributed by atoms with Crippen LogP contribution in [0.4, 0.5) is 0 Å². The number of hydrogen-bond acceptors (Lipinski definition) is 4. The zero-order chi connectivity index (χ0) is 18.0. The quantitative estimate of drug-likeness (QED) is 0.723. The summed E-state index contributed by atoms with van der Waals surface area (Å²) in [6, 6.07) is 0. The van der Waals surface area contributed by atoms with Crippen molar-refractivity contribution in [1.82, 2.24) is 0 Å². The van der Waals surface area contributed by atoms with Gasteiger partial charge >= 0.3 is 11.9 Å². The van der Waals surface area contributed by atoms with Gasteiger partial charge in [-0.15, -0.1) is 0 Å². The van der Waals surface area contributed by atoms with Crippen molar-refractivity contribution in [3.63, 3.8) is 0 Å². The van der Waals surface area contributed by atoms with E-state index in [9.17, 15) is 9.59 Å². The van der Waals surface area contributed by atoms with E-state index in [1.807, 2.05) is 27.7 Å². The molecule has 0 radical (unpaired) electrons. The number of rotatable bonds is 4. The number of carbonyl (C=O) groups excluding carboxylic acids is 2. The standard InChI is InChI=1S/C18H34O4/c1-15(2,3)12-18(10,16(4,5)6)14(20)21-11-13(19)22-17(7,8)9/h11-12H2,1-10H3. The van der Waals surface area contributed by atoms with Crippen molar-refractivity contribution in [3.05, 3.63) is 0 Å². The lowest BCUT2D eigenvalue weighted by Gasteiger charge is -2.43. The predicted octanol–water partition coefficient (Wildman–Crippen LogP) is 4.36. The maximum Gasteiger partial charge on any atom is 0.344 e. The molecule has 0 fully saturated rings. The first-order chi connectivity index (χ1) is 9.48. The molecule has 0 aromatic rings. The molecule has 0 heterocycles. The Morgan fingerprint density at radius 1 is 0.818 bits per heavy atom. The molecular weight excluding hydrogens is 280 g/mol. The topological polar surface area (TPSA) is 52.6 Å². The summed E-state index contributed by atoms with van der Waals surface area (Å²) in [7, 11) is 0. The fourth-order valence-electron chi connectivity index (χ4n) is 2.36. The molecule has 0 aliphatic carbocycles. The van der Waals surface area contributed by atoms with E-state index in [4.69, 9.17) is 9.47 Å². The van der Waals surface area contributed by atoms with Crippen LogP contribution in [0, 0.1) is 16.2 Å². The molecule has 0 saturated carbocycles. The Balaban J connectivity index is 4.99. The van der Waals surface area contributed by atoms with Crippen LogP contribution in [0.15, 0.2) is 0 Å². The van der Waals surface area contributed by atoms with Crippen LogP contribution in [-0.2, 0) is 19.1 Å². The number of ether oxygens (including phenoxy) is 2. The number of esters is 2. The highest BCUT2D eigenvalue weighted by atomic mass is 16.6. The van der Waals surface area contributed by atoms with Crippen molar-refractivity contribution in [1.29, 1.82) is 0 Å². The number of carbonyl (C=O) groups is 2. The van der Waals surface area contributed by atoms with E-state index in [-0.39, 0.29) is 23.4 Å². The van der Waals surface area contributed by atoms with Crippen LogP contribution in [0.5, 0.6) is 0 Å². The molecule has 1 unspecified atom stereocenters. The summed E-state index contributed by atoms with van der Waals surface area (Å²) >= 11 is 0. The minimum atomic E-state index is -0.673. The molecule has 0 bridgehead atoms. The van der Waals surface area contributed by atoms with Crippen LogP contribution < -0.4 is 0 Å². The Morgan fingerprint density at radius 3 is 1.59 bits per heavy atom. The highest BCUT2D eigenvalue weighted by Crippen LogP contribution is 2.47. The Bertz CT molecular complexity index is 404. The normalized spacial score (nSPS) is 15.9. The van der Waals surface area contributed by atoms with Gasteiger partial charge in [0.1, 0.15) is 5.60 Å². The molecule has 0 rings (SSSR count). The third-order valence-corrected chi connectivity index (χ3v) is 3.73. The molecule has 0 saturated heterocycles. The van der Waals surface area contributed by atoms with Crippen LogP contribution in [0.3, 0.4) is 0 Å². The van der Waals surface area contributed by atoms with Gasteiger partial charge < -0.3 is 9.47 Å². The predicted molar refractivity (Wildman–Crippen MR) is 88.4 cm³/mol. The SMILES string of the molecule is CC(C)(C)CC(C)(C(=O)OCC(=O)OC(C)(C)C)C(C)(C)C. The zero-order valence-electron chi connectivity index (χ0n) is 16.0. The third-order valence-electron chi connectivity index (χ3n) is 3.73. The summed E-state index contributed by atoms with van der Waals surface area (Å²) in [6.07, 6.45) is 0.677. The molecule has 0 aromatic carbocycles. The minimum absolute atomic E-state index is 0.0209. The minimum Gasteiger partial charge on any atom is -0.457 e. The van der Waals surface area contributed by atoms with Gasteiger partial charge in [-0.1, -0.05) is 41.5 Å². The van der Waals surface area contributed by atoms with Crippen molar-refractivity contribution in [2.45, 2.75) is 81.3 Å². The molecule has 22 heavy (non-hydrogen) atoms. The molecule has 4 heteroatoms. The summed E-state index contributed by atoms with van der Waals surface area (Å²) in [4.78, 5) is 24.4. The second kappa shape index (κ2) is 6.59. The first kappa shape index (κ1) is 20.9. The van der Waals surface area contributed by atoms with Crippen LogP contribution >= 0.6 is 0 Å². The van der Waals surface area contributed by atoms with Gasteiger partial charge in [0.2, 0.25) is 0 Å². The maximum absolute atomic E-state index is 12.6. The summed E-state index contributed by atoms with van der Waals surface area (Å²) in [6.45, 7) is 19.3. The first-order valence-corrected chi connectivity index (χ1v) is 7.87. The Kier molecular flexibility index (Phi) is 6.27. The van der Waals surface area contributed by atoms with Crippen molar-refractivity contribution < 1.29 is 19.1 Å². The average Bonchev–Trinajstić information content (AvgIpc) is 2.19. The fourth-order valence-corrected chi connectivity index (χ4v) is 2.36. The highest BCUT2D eigenvalue weighted by Gasteiger charge is 2.47. The Labute approximate surface area is 135 Å². The van der Waals surface area contributed by atoms with E-state index in [0.29, 0.717) is 6.42 Å². The molecular formula is C18H34O4. The van der Waals surface area contributed by atoms with Crippen molar-refractivity contribution in [3.8, 4) is 0 Å². The maximum atomic E-state index is 12.6. The lowest BCUT2D eigenvalue weighted by atomic mass is 9.61. The first-order valence-electron chi connectivity index (χ1n) is 7.87. The Hall–Kier alpha value is -1.06. The van der Waals surface area contributed by atoms with Gasteiger partial charge in [0, 0.05) is 0 Å².